The molecule has 1 aromatic carbocycles. The fourth-order valence-corrected chi connectivity index (χ4v) is 2.47. The topological polar surface area (TPSA) is 46.6 Å². The van der Waals surface area contributed by atoms with Crippen molar-refractivity contribution < 1.29 is 14.3 Å². The molecule has 1 aliphatic rings. The molecule has 1 amide bonds. The van der Waals surface area contributed by atoms with Crippen LogP contribution in [0.25, 0.3) is 0 Å². The molecule has 1 aliphatic heterocycles. The molecule has 0 aromatic heterocycles. The molecule has 1 unspecified atom stereocenters. The average molecular weight is 274 g/mol. The van der Waals surface area contributed by atoms with Crippen LogP contribution in [0.1, 0.15) is 37.9 Å². The minimum absolute atomic E-state index is 0.240. The largest absolute Gasteiger partial charge is 0.444 e. The van der Waals surface area contributed by atoms with Crippen LogP contribution in [0, 0.1) is 0 Å². The van der Waals surface area contributed by atoms with E-state index in [0.717, 1.165) is 11.1 Å². The molecule has 2 rings (SSSR count). The summed E-state index contributed by atoms with van der Waals surface area (Å²) in [6.07, 6.45) is -0.472. The zero-order chi connectivity index (χ0) is 14.2. The van der Waals surface area contributed by atoms with Crippen molar-refractivity contribution in [3.8, 4) is 0 Å². The normalized spacial score (nSPS) is 18.1. The first kappa shape index (κ1) is 13.8. The summed E-state index contributed by atoms with van der Waals surface area (Å²) >= 11 is 0. The van der Waals surface area contributed by atoms with Crippen molar-refractivity contribution in [2.24, 2.45) is 0 Å². The lowest BCUT2D eigenvalue weighted by molar-refractivity contribution is -0.116. The Morgan fingerprint density at radius 3 is 2.53 bits per heavy atom. The van der Waals surface area contributed by atoms with E-state index in [1.54, 1.807) is 20.8 Å². The predicted octanol–water partition coefficient (Wildman–Crippen LogP) is 2.17. The Morgan fingerprint density at radius 2 is 1.95 bits per heavy atom. The lowest BCUT2D eigenvalue weighted by Crippen LogP contribution is -2.38. The van der Waals surface area contributed by atoms with Gasteiger partial charge in [0, 0.05) is 0 Å². The second-order valence-corrected chi connectivity index (χ2v) is 6.07. The highest BCUT2D eigenvalue weighted by Crippen LogP contribution is 2.34. The molecule has 0 aliphatic carbocycles. The third-order valence-corrected chi connectivity index (χ3v) is 3.15. The van der Waals surface area contributed by atoms with E-state index >= 15 is 0 Å². The number of hydrogen-bond acceptors (Lipinski definition) is 3. The van der Waals surface area contributed by atoms with Gasteiger partial charge in [-0.15, -0.1) is 0 Å². The van der Waals surface area contributed by atoms with Crippen molar-refractivity contribution in [2.75, 3.05) is 0 Å². The summed E-state index contributed by atoms with van der Waals surface area (Å²) in [5.41, 5.74) is 1.25. The van der Waals surface area contributed by atoms with Crippen molar-refractivity contribution in [1.29, 1.82) is 0 Å². The van der Waals surface area contributed by atoms with Crippen molar-refractivity contribution in [3.05, 3.63) is 35.4 Å². The molecule has 4 nitrogen and oxygen atoms in total. The molecule has 0 fully saturated rings. The standard InChI is InChI=1S/C14H16NO3Si/c1-14(2,3)18-13(17)15-8-9-6-4-5-7-10(9)11(15)12(16)19/h4-7,11H,8H2,1-3H3. The van der Waals surface area contributed by atoms with E-state index in [2.05, 4.69) is 10.2 Å². The summed E-state index contributed by atoms with van der Waals surface area (Å²) in [7, 11) is 3.03. The number of rotatable bonds is 1. The summed E-state index contributed by atoms with van der Waals surface area (Å²) in [6, 6.07) is 6.93. The molecule has 0 saturated carbocycles. The number of amides is 1. The van der Waals surface area contributed by atoms with Gasteiger partial charge in [-0.05, 0) is 31.9 Å². The number of benzene rings is 1. The van der Waals surface area contributed by atoms with E-state index in [1.165, 1.54) is 4.90 Å². The third-order valence-electron chi connectivity index (χ3n) is 2.88. The fraction of sp³-hybridized carbons (Fsp3) is 0.429. The summed E-state index contributed by atoms with van der Waals surface area (Å²) in [6.45, 7) is 5.81. The van der Waals surface area contributed by atoms with Gasteiger partial charge in [0.15, 0.2) is 0 Å². The summed E-state index contributed by atoms with van der Waals surface area (Å²) in [4.78, 5) is 25.4. The molecule has 0 N–H and O–H groups in total. The monoisotopic (exact) mass is 274 g/mol. The lowest BCUT2D eigenvalue weighted by Gasteiger charge is -2.27. The molecule has 1 atom stereocenters. The van der Waals surface area contributed by atoms with Crippen LogP contribution in [0.2, 0.25) is 0 Å². The van der Waals surface area contributed by atoms with Crippen LogP contribution < -0.4 is 0 Å². The van der Waals surface area contributed by atoms with Crippen molar-refractivity contribution >= 4 is 21.7 Å². The predicted molar refractivity (Wildman–Crippen MR) is 71.7 cm³/mol. The maximum Gasteiger partial charge on any atom is 0.411 e. The van der Waals surface area contributed by atoms with Crippen LogP contribution in [-0.4, -0.2) is 32.2 Å². The summed E-state index contributed by atoms with van der Waals surface area (Å²) in [5.74, 6) is 0. The minimum Gasteiger partial charge on any atom is -0.444 e. The van der Waals surface area contributed by atoms with E-state index in [0.29, 0.717) is 6.54 Å². The van der Waals surface area contributed by atoms with Gasteiger partial charge in [0.1, 0.15) is 27.3 Å². The van der Waals surface area contributed by atoms with Crippen LogP contribution in [0.15, 0.2) is 24.3 Å². The van der Waals surface area contributed by atoms with E-state index in [-0.39, 0.29) is 5.41 Å². The molecule has 0 spiro atoms. The van der Waals surface area contributed by atoms with Crippen LogP contribution in [0.3, 0.4) is 0 Å². The second kappa shape index (κ2) is 4.81. The summed E-state index contributed by atoms with van der Waals surface area (Å²) in [5, 5.41) is -0.240. The molecular formula is C14H16NO3Si. The molecule has 99 valence electrons. The van der Waals surface area contributed by atoms with Gasteiger partial charge >= 0.3 is 6.09 Å². The van der Waals surface area contributed by atoms with E-state index in [1.807, 2.05) is 24.3 Å². The molecule has 0 saturated heterocycles. The SMILES string of the molecule is CC(C)(C)OC(=O)N1Cc2ccccc2C1C(=O)[Si]. The highest BCUT2D eigenvalue weighted by Gasteiger charge is 2.38. The number of ether oxygens (including phenoxy) is 1. The van der Waals surface area contributed by atoms with Gasteiger partial charge in [-0.1, -0.05) is 24.3 Å². The van der Waals surface area contributed by atoms with E-state index < -0.39 is 17.7 Å². The van der Waals surface area contributed by atoms with E-state index in [4.69, 9.17) is 4.74 Å². The van der Waals surface area contributed by atoms with Crippen LogP contribution in [0.5, 0.6) is 0 Å². The van der Waals surface area contributed by atoms with Gasteiger partial charge in [-0.25, -0.2) is 4.79 Å². The maximum atomic E-state index is 12.2. The van der Waals surface area contributed by atoms with Gasteiger partial charge in [-0.3, -0.25) is 4.90 Å². The first-order chi connectivity index (χ1) is 8.79. The van der Waals surface area contributed by atoms with Gasteiger partial charge in [0.25, 0.3) is 0 Å². The van der Waals surface area contributed by atoms with Gasteiger partial charge in [-0.2, -0.15) is 0 Å². The Kier molecular flexibility index (Phi) is 3.49. The number of nitrogens with zero attached hydrogens (tertiary/aromatic N) is 1. The number of carbonyl (C=O) groups excluding carboxylic acids is 2. The average Bonchev–Trinajstić information content (AvgIpc) is 2.65. The molecular weight excluding hydrogens is 258 g/mol. The van der Waals surface area contributed by atoms with Crippen molar-refractivity contribution in [2.45, 2.75) is 39.0 Å². The van der Waals surface area contributed by atoms with Crippen molar-refractivity contribution in [3.63, 3.8) is 0 Å². The van der Waals surface area contributed by atoms with Crippen LogP contribution >= 0.6 is 0 Å². The van der Waals surface area contributed by atoms with E-state index in [9.17, 15) is 9.59 Å². The van der Waals surface area contributed by atoms with Crippen LogP contribution in [-0.2, 0) is 16.1 Å². The quantitative estimate of drug-likeness (QED) is 0.737. The molecule has 3 radical (unpaired) electrons. The Balaban J connectivity index is 2.29. The zero-order valence-corrected chi connectivity index (χ0v) is 12.3. The molecule has 1 heterocycles. The third kappa shape index (κ3) is 2.86. The van der Waals surface area contributed by atoms with Crippen molar-refractivity contribution in [1.82, 2.24) is 4.90 Å². The molecule has 5 heteroatoms. The Hall–Kier alpha value is -1.62. The molecule has 19 heavy (non-hydrogen) atoms. The van der Waals surface area contributed by atoms with Crippen LogP contribution in [0.4, 0.5) is 4.79 Å². The molecule has 0 bridgehead atoms. The number of hydrogen-bond donors (Lipinski definition) is 0. The Labute approximate surface area is 116 Å². The number of fused-ring (bicyclic) bond motifs is 1. The number of carbonyl (C=O) groups is 2. The van der Waals surface area contributed by atoms with Gasteiger partial charge in [0.05, 0.1) is 6.54 Å². The maximum absolute atomic E-state index is 12.2. The molecule has 1 aromatic rings. The highest BCUT2D eigenvalue weighted by atomic mass is 28.1. The fourth-order valence-electron chi connectivity index (χ4n) is 2.16. The highest BCUT2D eigenvalue weighted by molar-refractivity contribution is 6.59. The Bertz CT molecular complexity index is 522. The minimum atomic E-state index is -0.609. The smallest absolute Gasteiger partial charge is 0.411 e. The Morgan fingerprint density at radius 1 is 1.32 bits per heavy atom. The van der Waals surface area contributed by atoms with Gasteiger partial charge < -0.3 is 9.53 Å². The second-order valence-electron chi connectivity index (χ2n) is 5.57. The zero-order valence-electron chi connectivity index (χ0n) is 11.3. The van der Waals surface area contributed by atoms with Gasteiger partial charge in [0.2, 0.25) is 0 Å². The summed E-state index contributed by atoms with van der Waals surface area (Å²) < 4.78 is 5.35. The first-order valence-electron chi connectivity index (χ1n) is 6.12. The first-order valence-corrected chi connectivity index (χ1v) is 6.62. The lowest BCUT2D eigenvalue weighted by atomic mass is 10.1.